The average Bonchev–Trinajstić information content (AvgIpc) is 2.65. The molecule has 0 bridgehead atoms. The quantitative estimate of drug-likeness (QED) is 0.828. The Kier molecular flexibility index (Phi) is 2.97. The number of rotatable bonds is 3. The second-order valence-electron chi connectivity index (χ2n) is 4.39. The molecule has 0 aromatic heterocycles. The molecule has 0 radical (unpaired) electrons. The van der Waals surface area contributed by atoms with Crippen molar-refractivity contribution in [3.05, 3.63) is 22.7 Å². The first-order valence-electron chi connectivity index (χ1n) is 4.96. The van der Waals surface area contributed by atoms with E-state index in [1.54, 1.807) is 0 Å². The van der Waals surface area contributed by atoms with Gasteiger partial charge in [0.05, 0.1) is 11.6 Å². The Morgan fingerprint density at radius 3 is 2.88 bits per heavy atom. The van der Waals surface area contributed by atoms with Gasteiger partial charge in [0.1, 0.15) is 0 Å². The zero-order valence-corrected chi connectivity index (χ0v) is 10.0. The predicted molar refractivity (Wildman–Crippen MR) is 60.7 cm³/mol. The fourth-order valence-corrected chi connectivity index (χ4v) is 1.92. The Hall–Kier alpha value is -0.970. The standard InChI is InChI=1S/C11H14ClNO3/c1-11(2,5-16-13)7-3-8(12)10-9(4-7)14-6-15-10/h3-4H,5-6,13H2,1-2H3. The van der Waals surface area contributed by atoms with Gasteiger partial charge < -0.3 is 14.3 Å². The minimum Gasteiger partial charge on any atom is -0.454 e. The van der Waals surface area contributed by atoms with Crippen LogP contribution in [0.4, 0.5) is 0 Å². The smallest absolute Gasteiger partial charge is 0.231 e. The minimum atomic E-state index is -0.223. The van der Waals surface area contributed by atoms with Gasteiger partial charge in [-0.2, -0.15) is 0 Å². The molecule has 1 heterocycles. The number of hydrogen-bond acceptors (Lipinski definition) is 4. The van der Waals surface area contributed by atoms with Gasteiger partial charge in [-0.15, -0.1) is 0 Å². The Labute approximate surface area is 99.2 Å². The summed E-state index contributed by atoms with van der Waals surface area (Å²) in [5.41, 5.74) is 0.784. The van der Waals surface area contributed by atoms with Gasteiger partial charge in [-0.25, -0.2) is 5.90 Å². The van der Waals surface area contributed by atoms with Crippen molar-refractivity contribution in [2.24, 2.45) is 5.90 Å². The zero-order chi connectivity index (χ0) is 11.8. The Morgan fingerprint density at radius 1 is 1.44 bits per heavy atom. The highest BCUT2D eigenvalue weighted by Crippen LogP contribution is 2.42. The summed E-state index contributed by atoms with van der Waals surface area (Å²) in [6.45, 7) is 4.66. The number of fused-ring (bicyclic) bond motifs is 1. The van der Waals surface area contributed by atoms with E-state index in [1.165, 1.54) is 0 Å². The van der Waals surface area contributed by atoms with Gasteiger partial charge in [0.2, 0.25) is 6.79 Å². The normalized spacial score (nSPS) is 14.2. The van der Waals surface area contributed by atoms with Gasteiger partial charge in [-0.3, -0.25) is 0 Å². The molecule has 0 unspecified atom stereocenters. The van der Waals surface area contributed by atoms with Crippen LogP contribution in [0.1, 0.15) is 19.4 Å². The number of halogens is 1. The lowest BCUT2D eigenvalue weighted by molar-refractivity contribution is 0.0963. The molecular weight excluding hydrogens is 230 g/mol. The monoisotopic (exact) mass is 243 g/mol. The van der Waals surface area contributed by atoms with Crippen LogP contribution in [-0.2, 0) is 10.3 Å². The number of ether oxygens (including phenoxy) is 2. The zero-order valence-electron chi connectivity index (χ0n) is 9.25. The molecule has 1 aliphatic heterocycles. The van der Waals surface area contributed by atoms with Crippen molar-refractivity contribution < 1.29 is 14.3 Å². The van der Waals surface area contributed by atoms with Crippen LogP contribution in [0.15, 0.2) is 12.1 Å². The lowest BCUT2D eigenvalue weighted by Gasteiger charge is -2.24. The highest BCUT2D eigenvalue weighted by atomic mass is 35.5. The molecule has 2 N–H and O–H groups in total. The summed E-state index contributed by atoms with van der Waals surface area (Å²) in [5.74, 6) is 6.39. The van der Waals surface area contributed by atoms with Gasteiger partial charge in [0.25, 0.3) is 0 Å². The van der Waals surface area contributed by atoms with Crippen molar-refractivity contribution in [3.8, 4) is 11.5 Å². The molecule has 5 heteroatoms. The van der Waals surface area contributed by atoms with E-state index in [0.29, 0.717) is 23.1 Å². The van der Waals surface area contributed by atoms with Gasteiger partial charge in [-0.05, 0) is 17.7 Å². The van der Waals surface area contributed by atoms with Crippen LogP contribution in [0.5, 0.6) is 11.5 Å². The molecule has 4 nitrogen and oxygen atoms in total. The van der Waals surface area contributed by atoms with Crippen molar-refractivity contribution in [1.29, 1.82) is 0 Å². The first-order chi connectivity index (χ1) is 7.54. The van der Waals surface area contributed by atoms with E-state index < -0.39 is 0 Å². The van der Waals surface area contributed by atoms with Gasteiger partial charge in [0, 0.05) is 5.41 Å². The van der Waals surface area contributed by atoms with Crippen molar-refractivity contribution >= 4 is 11.6 Å². The molecule has 1 aromatic carbocycles. The molecule has 88 valence electrons. The number of benzene rings is 1. The predicted octanol–water partition coefficient (Wildman–Crippen LogP) is 2.24. The van der Waals surface area contributed by atoms with E-state index in [4.69, 9.17) is 31.8 Å². The molecule has 0 aliphatic carbocycles. The third kappa shape index (κ3) is 1.96. The molecule has 16 heavy (non-hydrogen) atoms. The summed E-state index contributed by atoms with van der Waals surface area (Å²) in [6, 6.07) is 3.77. The van der Waals surface area contributed by atoms with E-state index in [9.17, 15) is 0 Å². The Bertz CT molecular complexity index is 406. The third-order valence-corrected chi connectivity index (χ3v) is 2.93. The van der Waals surface area contributed by atoms with Crippen LogP contribution in [0.25, 0.3) is 0 Å². The maximum absolute atomic E-state index is 6.10. The SMILES string of the molecule is CC(C)(CON)c1cc(Cl)c2c(c1)OCO2. The van der Waals surface area contributed by atoms with E-state index in [0.717, 1.165) is 5.56 Å². The highest BCUT2D eigenvalue weighted by Gasteiger charge is 2.26. The third-order valence-electron chi connectivity index (χ3n) is 2.65. The van der Waals surface area contributed by atoms with Gasteiger partial charge in [0.15, 0.2) is 11.5 Å². The van der Waals surface area contributed by atoms with Crippen molar-refractivity contribution in [3.63, 3.8) is 0 Å². The summed E-state index contributed by atoms with van der Waals surface area (Å²) >= 11 is 6.10. The maximum atomic E-state index is 6.10. The van der Waals surface area contributed by atoms with Crippen LogP contribution in [0, 0.1) is 0 Å². The molecule has 0 saturated carbocycles. The van der Waals surface area contributed by atoms with Crippen LogP contribution in [0.3, 0.4) is 0 Å². The first-order valence-corrected chi connectivity index (χ1v) is 5.34. The van der Waals surface area contributed by atoms with E-state index in [1.807, 2.05) is 26.0 Å². The topological polar surface area (TPSA) is 53.7 Å². The second kappa shape index (κ2) is 4.13. The average molecular weight is 244 g/mol. The molecule has 0 amide bonds. The van der Waals surface area contributed by atoms with E-state index >= 15 is 0 Å². The second-order valence-corrected chi connectivity index (χ2v) is 4.79. The summed E-state index contributed by atoms with van der Waals surface area (Å²) in [7, 11) is 0. The molecule has 1 aliphatic rings. The van der Waals surface area contributed by atoms with Crippen LogP contribution in [-0.4, -0.2) is 13.4 Å². The largest absolute Gasteiger partial charge is 0.454 e. The lowest BCUT2D eigenvalue weighted by Crippen LogP contribution is -2.26. The fourth-order valence-electron chi connectivity index (χ4n) is 1.65. The van der Waals surface area contributed by atoms with Crippen molar-refractivity contribution in [2.75, 3.05) is 13.4 Å². The van der Waals surface area contributed by atoms with Gasteiger partial charge >= 0.3 is 0 Å². The molecule has 0 saturated heterocycles. The van der Waals surface area contributed by atoms with E-state index in [2.05, 4.69) is 0 Å². The first kappa shape index (κ1) is 11.5. The van der Waals surface area contributed by atoms with Crippen molar-refractivity contribution in [2.45, 2.75) is 19.3 Å². The fraction of sp³-hybridized carbons (Fsp3) is 0.455. The lowest BCUT2D eigenvalue weighted by atomic mass is 9.85. The molecule has 1 aromatic rings. The van der Waals surface area contributed by atoms with Crippen LogP contribution in [0.2, 0.25) is 5.02 Å². The van der Waals surface area contributed by atoms with E-state index in [-0.39, 0.29) is 12.2 Å². The summed E-state index contributed by atoms with van der Waals surface area (Å²) < 4.78 is 10.6. The summed E-state index contributed by atoms with van der Waals surface area (Å²) in [5, 5.41) is 0.551. The molecule has 2 rings (SSSR count). The number of nitrogens with two attached hydrogens (primary N) is 1. The molecular formula is C11H14ClNO3. The Balaban J connectivity index is 2.40. The van der Waals surface area contributed by atoms with Gasteiger partial charge in [-0.1, -0.05) is 25.4 Å². The Morgan fingerprint density at radius 2 is 2.19 bits per heavy atom. The molecule has 0 atom stereocenters. The number of hydrogen-bond donors (Lipinski definition) is 1. The van der Waals surface area contributed by atoms with Crippen molar-refractivity contribution in [1.82, 2.24) is 0 Å². The van der Waals surface area contributed by atoms with Crippen LogP contribution < -0.4 is 15.4 Å². The summed E-state index contributed by atoms with van der Waals surface area (Å²) in [6.07, 6.45) is 0. The maximum Gasteiger partial charge on any atom is 0.231 e. The molecule has 0 fully saturated rings. The van der Waals surface area contributed by atoms with Crippen LogP contribution >= 0.6 is 11.6 Å². The molecule has 0 spiro atoms. The highest BCUT2D eigenvalue weighted by molar-refractivity contribution is 6.32. The summed E-state index contributed by atoms with van der Waals surface area (Å²) in [4.78, 5) is 4.71. The minimum absolute atomic E-state index is 0.215.